The molecule has 11 rings (SSSR count). The maximum absolute atomic E-state index is 6.13. The molecule has 9 aromatic rings. The van der Waals surface area contributed by atoms with Crippen LogP contribution in [0.5, 0.6) is 0 Å². The highest BCUT2D eigenvalue weighted by Crippen LogP contribution is 2.57. The van der Waals surface area contributed by atoms with Crippen molar-refractivity contribution in [1.29, 1.82) is 0 Å². The van der Waals surface area contributed by atoms with Crippen molar-refractivity contribution in [3.05, 3.63) is 228 Å². The molecule has 0 saturated heterocycles. The van der Waals surface area contributed by atoms with Gasteiger partial charge in [0.25, 0.3) is 0 Å². The van der Waals surface area contributed by atoms with Crippen molar-refractivity contribution in [3.63, 3.8) is 0 Å². The van der Waals surface area contributed by atoms with Gasteiger partial charge in [-0.2, -0.15) is 0 Å². The minimum atomic E-state index is -0.357. The van der Waals surface area contributed by atoms with Crippen LogP contribution in [0.1, 0.15) is 35.1 Å². The smallest absolute Gasteiger partial charge is 0.135 e. The zero-order chi connectivity index (χ0) is 36.3. The monoisotopic (exact) mass is 703 g/mol. The van der Waals surface area contributed by atoms with E-state index in [9.17, 15) is 0 Å². The summed E-state index contributed by atoms with van der Waals surface area (Å²) in [5, 5.41) is 4.71. The molecule has 0 bridgehead atoms. The number of rotatable bonds is 6. The van der Waals surface area contributed by atoms with Crippen LogP contribution in [0.25, 0.3) is 49.4 Å². The van der Waals surface area contributed by atoms with E-state index in [-0.39, 0.29) is 5.41 Å². The number of nitrogens with zero attached hydrogens (tertiary/aromatic N) is 1. The predicted molar refractivity (Wildman–Crippen MR) is 229 cm³/mol. The van der Waals surface area contributed by atoms with Crippen molar-refractivity contribution >= 4 is 55.3 Å². The van der Waals surface area contributed by atoms with E-state index in [0.29, 0.717) is 0 Å². The number of furan rings is 1. The molecule has 0 amide bonds. The van der Waals surface area contributed by atoms with E-state index in [4.69, 9.17) is 4.42 Å². The van der Waals surface area contributed by atoms with Crippen molar-refractivity contribution < 1.29 is 4.42 Å². The summed E-state index contributed by atoms with van der Waals surface area (Å²) in [5.41, 5.74) is 15.4. The minimum Gasteiger partial charge on any atom is -0.456 e. The van der Waals surface area contributed by atoms with E-state index in [1.165, 1.54) is 55.3 Å². The van der Waals surface area contributed by atoms with Crippen LogP contribution in [0.2, 0.25) is 0 Å². The van der Waals surface area contributed by atoms with Crippen molar-refractivity contribution in [1.82, 2.24) is 0 Å². The second kappa shape index (κ2) is 12.6. The molecular weight excluding hydrogens is 667 g/mol. The summed E-state index contributed by atoms with van der Waals surface area (Å²) in [6.45, 7) is 0. The van der Waals surface area contributed by atoms with Crippen molar-refractivity contribution in [3.8, 4) is 11.1 Å². The van der Waals surface area contributed by atoms with Gasteiger partial charge in [0.1, 0.15) is 11.2 Å². The quantitative estimate of drug-likeness (QED) is 0.171. The molecule has 1 aromatic heterocycles. The van der Waals surface area contributed by atoms with E-state index in [0.717, 1.165) is 51.8 Å². The molecule has 1 heterocycles. The lowest BCUT2D eigenvalue weighted by Gasteiger charge is -2.37. The lowest BCUT2D eigenvalue weighted by Crippen LogP contribution is -2.30. The molecule has 260 valence electrons. The largest absolute Gasteiger partial charge is 0.456 e. The second-order valence-corrected chi connectivity index (χ2v) is 14.7. The average molecular weight is 704 g/mol. The molecule has 8 aromatic carbocycles. The van der Waals surface area contributed by atoms with Gasteiger partial charge in [0, 0.05) is 27.5 Å². The number of allylic oxidation sites excluding steroid dienone is 4. The lowest BCUT2D eigenvalue weighted by molar-refractivity contribution is 0.669. The molecule has 55 heavy (non-hydrogen) atoms. The van der Waals surface area contributed by atoms with Crippen molar-refractivity contribution in [2.75, 3.05) is 4.90 Å². The van der Waals surface area contributed by atoms with Crippen LogP contribution < -0.4 is 4.90 Å². The van der Waals surface area contributed by atoms with E-state index in [1.807, 2.05) is 12.1 Å². The molecule has 0 spiro atoms. The Morgan fingerprint density at radius 1 is 0.491 bits per heavy atom. The Kier molecular flexibility index (Phi) is 7.25. The molecule has 2 aliphatic carbocycles. The van der Waals surface area contributed by atoms with Crippen LogP contribution >= 0.6 is 0 Å². The standard InChI is InChI=1S/C53H37NO/c1-2-15-39(16-3-1)53(48-21-9-6-18-44(48)45-19-7-10-22-49(45)53)40-28-32-42(33-29-40)54(50-23-12-14-37-13-4-5-17-43(37)50)41-30-25-36(26-31-41)38-27-34-52-47(35-38)46-20-8-11-24-51(46)55-52/h1-9,11-21,23-35H,10,22H2. The fourth-order valence-electron chi connectivity index (χ4n) is 9.43. The molecule has 1 atom stereocenters. The fourth-order valence-corrected chi connectivity index (χ4v) is 9.43. The highest BCUT2D eigenvalue weighted by molar-refractivity contribution is 6.06. The first-order valence-corrected chi connectivity index (χ1v) is 19.2. The van der Waals surface area contributed by atoms with E-state index >= 15 is 0 Å². The van der Waals surface area contributed by atoms with Crippen LogP contribution in [0, 0.1) is 0 Å². The van der Waals surface area contributed by atoms with Crippen LogP contribution in [0.3, 0.4) is 0 Å². The number of anilines is 3. The van der Waals surface area contributed by atoms with Gasteiger partial charge in [-0.15, -0.1) is 0 Å². The predicted octanol–water partition coefficient (Wildman–Crippen LogP) is 14.3. The molecule has 2 heteroatoms. The first-order chi connectivity index (χ1) is 27.3. The molecule has 0 N–H and O–H groups in total. The van der Waals surface area contributed by atoms with Gasteiger partial charge >= 0.3 is 0 Å². The van der Waals surface area contributed by atoms with Gasteiger partial charge in [0.2, 0.25) is 0 Å². The summed E-state index contributed by atoms with van der Waals surface area (Å²) in [7, 11) is 0. The molecule has 2 aliphatic rings. The lowest BCUT2D eigenvalue weighted by atomic mass is 9.65. The Hall–Kier alpha value is -6.90. The summed E-state index contributed by atoms with van der Waals surface area (Å²) >= 11 is 0. The van der Waals surface area contributed by atoms with Crippen LogP contribution in [0.4, 0.5) is 17.1 Å². The summed E-state index contributed by atoms with van der Waals surface area (Å²) < 4.78 is 6.13. The third-order valence-electron chi connectivity index (χ3n) is 11.9. The maximum atomic E-state index is 6.13. The topological polar surface area (TPSA) is 16.4 Å². The van der Waals surface area contributed by atoms with Crippen LogP contribution in [-0.2, 0) is 5.41 Å². The number of hydrogen-bond acceptors (Lipinski definition) is 2. The first-order valence-electron chi connectivity index (χ1n) is 19.2. The third-order valence-corrected chi connectivity index (χ3v) is 11.9. The van der Waals surface area contributed by atoms with Gasteiger partial charge in [-0.3, -0.25) is 0 Å². The zero-order valence-corrected chi connectivity index (χ0v) is 30.3. The Labute approximate surface area is 320 Å². The van der Waals surface area contributed by atoms with Crippen LogP contribution in [0.15, 0.2) is 210 Å². The van der Waals surface area contributed by atoms with Gasteiger partial charge in [-0.05, 0) is 111 Å². The van der Waals surface area contributed by atoms with Gasteiger partial charge in [-0.1, -0.05) is 152 Å². The normalized spacial score (nSPS) is 16.1. The van der Waals surface area contributed by atoms with Gasteiger partial charge in [-0.25, -0.2) is 0 Å². The third kappa shape index (κ3) is 4.88. The molecule has 0 saturated carbocycles. The molecule has 0 fully saturated rings. The molecule has 0 radical (unpaired) electrons. The Balaban J connectivity index is 1.06. The molecule has 1 unspecified atom stereocenters. The molecule has 0 aliphatic heterocycles. The number of benzene rings is 8. The highest BCUT2D eigenvalue weighted by Gasteiger charge is 2.47. The van der Waals surface area contributed by atoms with Crippen molar-refractivity contribution in [2.45, 2.75) is 18.3 Å². The number of fused-ring (bicyclic) bond motifs is 6. The van der Waals surface area contributed by atoms with E-state index < -0.39 is 0 Å². The maximum Gasteiger partial charge on any atom is 0.135 e. The summed E-state index contributed by atoms with van der Waals surface area (Å²) in [5.74, 6) is 0. The zero-order valence-electron chi connectivity index (χ0n) is 30.3. The fraction of sp³-hybridized carbons (Fsp3) is 0.0566. The SMILES string of the molecule is C1=CC2=C(CC1)C(c1ccccc1)(c1ccc(N(c3ccc(-c4ccc5oc6ccccc6c5c4)cc3)c3cccc4ccccc34)cc1)c1ccccc12. The van der Waals surface area contributed by atoms with E-state index in [2.05, 4.69) is 193 Å². The average Bonchev–Trinajstić information content (AvgIpc) is 3.78. The Morgan fingerprint density at radius 3 is 2.00 bits per heavy atom. The van der Waals surface area contributed by atoms with Gasteiger partial charge in [0.15, 0.2) is 0 Å². The number of hydrogen-bond donors (Lipinski definition) is 0. The minimum absolute atomic E-state index is 0.357. The number of para-hydroxylation sites is 1. The summed E-state index contributed by atoms with van der Waals surface area (Å²) in [4.78, 5) is 2.41. The first kappa shape index (κ1) is 31.6. The Bertz CT molecular complexity index is 2960. The summed E-state index contributed by atoms with van der Waals surface area (Å²) in [6.07, 6.45) is 6.79. The van der Waals surface area contributed by atoms with Crippen molar-refractivity contribution in [2.24, 2.45) is 0 Å². The van der Waals surface area contributed by atoms with E-state index in [1.54, 1.807) is 0 Å². The Morgan fingerprint density at radius 2 is 1.15 bits per heavy atom. The summed E-state index contributed by atoms with van der Waals surface area (Å²) in [6, 6.07) is 68.7. The van der Waals surface area contributed by atoms with Crippen LogP contribution in [-0.4, -0.2) is 0 Å². The van der Waals surface area contributed by atoms with Gasteiger partial charge in [0.05, 0.1) is 11.1 Å². The van der Waals surface area contributed by atoms with Gasteiger partial charge < -0.3 is 9.32 Å². The second-order valence-electron chi connectivity index (χ2n) is 14.7. The highest BCUT2D eigenvalue weighted by atomic mass is 16.3. The molecule has 2 nitrogen and oxygen atoms in total. The molecular formula is C53H37NO.